The van der Waals surface area contributed by atoms with E-state index >= 15 is 0 Å². The lowest BCUT2D eigenvalue weighted by Crippen LogP contribution is -2.16. The molecule has 0 heterocycles. The molecule has 1 N–H and O–H groups in total. The first-order valence-electron chi connectivity index (χ1n) is 7.67. The van der Waals surface area contributed by atoms with E-state index in [1.54, 1.807) is 6.08 Å². The van der Waals surface area contributed by atoms with E-state index in [2.05, 4.69) is 55.4 Å². The van der Waals surface area contributed by atoms with Gasteiger partial charge in [0, 0.05) is 13.1 Å². The molecular formula is C21H29N. The monoisotopic (exact) mass is 295 g/mol. The molecule has 0 saturated heterocycles. The summed E-state index contributed by atoms with van der Waals surface area (Å²) in [5.41, 5.74) is 2.53. The van der Waals surface area contributed by atoms with Crippen molar-refractivity contribution in [2.24, 2.45) is 0 Å². The van der Waals surface area contributed by atoms with Gasteiger partial charge in [-0.2, -0.15) is 0 Å². The molecule has 0 bridgehead atoms. The smallest absolute Gasteiger partial charge is 0.0208 e. The van der Waals surface area contributed by atoms with Crippen molar-refractivity contribution in [3.05, 3.63) is 97.7 Å². The van der Waals surface area contributed by atoms with Crippen molar-refractivity contribution in [1.82, 2.24) is 5.32 Å². The summed E-state index contributed by atoms with van der Waals surface area (Å²) in [6.45, 7) is 14.9. The third kappa shape index (κ3) is 11.7. The highest BCUT2D eigenvalue weighted by molar-refractivity contribution is 5.32. The van der Waals surface area contributed by atoms with Crippen LogP contribution in [0, 0.1) is 0 Å². The van der Waals surface area contributed by atoms with Gasteiger partial charge in [0.25, 0.3) is 0 Å². The molecule has 0 spiro atoms. The SMILES string of the molecule is C=C/C=C\C=C/CNCC(/C=C\C)=C/C(=C\CC=C)CC=C. The lowest BCUT2D eigenvalue weighted by Gasteiger charge is -2.05. The molecule has 0 rings (SSSR count). The highest BCUT2D eigenvalue weighted by Crippen LogP contribution is 2.10. The second-order valence-corrected chi connectivity index (χ2v) is 4.70. The van der Waals surface area contributed by atoms with Crippen LogP contribution in [0.2, 0.25) is 0 Å². The fourth-order valence-corrected chi connectivity index (χ4v) is 1.80. The molecule has 0 aromatic carbocycles. The van der Waals surface area contributed by atoms with E-state index < -0.39 is 0 Å². The van der Waals surface area contributed by atoms with Crippen LogP contribution >= 0.6 is 0 Å². The Bertz CT molecular complexity index is 470. The molecule has 0 aromatic rings. The Morgan fingerprint density at radius 1 is 1.00 bits per heavy atom. The predicted molar refractivity (Wildman–Crippen MR) is 102 cm³/mol. The van der Waals surface area contributed by atoms with Gasteiger partial charge in [0.2, 0.25) is 0 Å². The summed E-state index contributed by atoms with van der Waals surface area (Å²) < 4.78 is 0. The van der Waals surface area contributed by atoms with Gasteiger partial charge >= 0.3 is 0 Å². The summed E-state index contributed by atoms with van der Waals surface area (Å²) in [6.07, 6.45) is 24.0. The Morgan fingerprint density at radius 3 is 2.45 bits per heavy atom. The fraction of sp³-hybridized carbons (Fsp3) is 0.238. The van der Waals surface area contributed by atoms with E-state index in [-0.39, 0.29) is 0 Å². The van der Waals surface area contributed by atoms with Crippen LogP contribution in [-0.2, 0) is 0 Å². The summed E-state index contributed by atoms with van der Waals surface area (Å²) in [5, 5.41) is 3.41. The number of hydrogen-bond acceptors (Lipinski definition) is 1. The molecular weight excluding hydrogens is 266 g/mol. The van der Waals surface area contributed by atoms with Gasteiger partial charge < -0.3 is 5.32 Å². The Hall–Kier alpha value is -2.12. The Balaban J connectivity index is 4.61. The maximum absolute atomic E-state index is 3.82. The van der Waals surface area contributed by atoms with E-state index in [1.165, 1.54) is 11.1 Å². The Kier molecular flexibility index (Phi) is 13.8. The first-order valence-corrected chi connectivity index (χ1v) is 7.67. The van der Waals surface area contributed by atoms with Crippen molar-refractivity contribution in [2.45, 2.75) is 19.8 Å². The predicted octanol–water partition coefficient (Wildman–Crippen LogP) is 5.46. The molecule has 0 fully saturated rings. The maximum atomic E-state index is 3.82. The fourth-order valence-electron chi connectivity index (χ4n) is 1.80. The zero-order valence-corrected chi connectivity index (χ0v) is 13.8. The molecule has 0 aromatic heterocycles. The molecule has 118 valence electrons. The second-order valence-electron chi connectivity index (χ2n) is 4.70. The van der Waals surface area contributed by atoms with Crippen LogP contribution in [0.25, 0.3) is 0 Å². The molecule has 0 aliphatic heterocycles. The summed E-state index contributed by atoms with van der Waals surface area (Å²) in [4.78, 5) is 0. The highest BCUT2D eigenvalue weighted by atomic mass is 14.8. The summed E-state index contributed by atoms with van der Waals surface area (Å²) in [6, 6.07) is 0. The van der Waals surface area contributed by atoms with Crippen LogP contribution in [-0.4, -0.2) is 13.1 Å². The number of rotatable bonds is 12. The molecule has 0 unspecified atom stereocenters. The van der Waals surface area contributed by atoms with Gasteiger partial charge in [0.15, 0.2) is 0 Å². The third-order valence-corrected chi connectivity index (χ3v) is 2.76. The molecule has 0 aliphatic carbocycles. The second kappa shape index (κ2) is 15.3. The van der Waals surface area contributed by atoms with Crippen molar-refractivity contribution in [2.75, 3.05) is 13.1 Å². The Labute approximate surface area is 136 Å². The molecule has 0 atom stereocenters. The van der Waals surface area contributed by atoms with E-state index in [0.717, 1.165) is 25.9 Å². The van der Waals surface area contributed by atoms with Crippen molar-refractivity contribution in [3.63, 3.8) is 0 Å². The van der Waals surface area contributed by atoms with Crippen molar-refractivity contribution >= 4 is 0 Å². The van der Waals surface area contributed by atoms with Gasteiger partial charge in [0.05, 0.1) is 0 Å². The number of allylic oxidation sites excluding steroid dienone is 10. The standard InChI is InChI=1S/C21H29N/c1-5-9-11-12-13-17-22-19-21(15-8-4)18-20(14-7-3)16-10-6-2/h5-9,11-13,15-16,18,22H,1-3,10,14,17,19H2,4H3/b11-9-,13-12-,15-8-,20-16-,21-18+. The average molecular weight is 295 g/mol. The van der Waals surface area contributed by atoms with Crippen LogP contribution in [0.15, 0.2) is 97.7 Å². The van der Waals surface area contributed by atoms with E-state index in [1.807, 2.05) is 37.3 Å². The van der Waals surface area contributed by atoms with E-state index in [9.17, 15) is 0 Å². The van der Waals surface area contributed by atoms with Gasteiger partial charge in [0.1, 0.15) is 0 Å². The normalized spacial score (nSPS) is 13.3. The van der Waals surface area contributed by atoms with Crippen LogP contribution in [0.4, 0.5) is 0 Å². The molecule has 1 heteroatoms. The zero-order chi connectivity index (χ0) is 16.5. The molecule has 22 heavy (non-hydrogen) atoms. The summed E-state index contributed by atoms with van der Waals surface area (Å²) in [7, 11) is 0. The quantitative estimate of drug-likeness (QED) is 0.286. The molecule has 0 aliphatic rings. The van der Waals surface area contributed by atoms with Gasteiger partial charge in [-0.25, -0.2) is 0 Å². The van der Waals surface area contributed by atoms with Gasteiger partial charge in [-0.1, -0.05) is 73.4 Å². The zero-order valence-electron chi connectivity index (χ0n) is 13.8. The van der Waals surface area contributed by atoms with Crippen molar-refractivity contribution in [3.8, 4) is 0 Å². The van der Waals surface area contributed by atoms with Crippen molar-refractivity contribution in [1.29, 1.82) is 0 Å². The van der Waals surface area contributed by atoms with E-state index in [0.29, 0.717) is 0 Å². The molecule has 1 nitrogen and oxygen atoms in total. The number of nitrogens with one attached hydrogen (secondary N) is 1. The van der Waals surface area contributed by atoms with Crippen LogP contribution in [0.1, 0.15) is 19.8 Å². The van der Waals surface area contributed by atoms with Gasteiger partial charge in [-0.05, 0) is 30.9 Å². The van der Waals surface area contributed by atoms with Crippen molar-refractivity contribution < 1.29 is 0 Å². The largest absolute Gasteiger partial charge is 0.309 e. The minimum absolute atomic E-state index is 0.836. The first kappa shape index (κ1) is 19.9. The topological polar surface area (TPSA) is 12.0 Å². The molecule has 0 saturated carbocycles. The average Bonchev–Trinajstić information content (AvgIpc) is 2.52. The van der Waals surface area contributed by atoms with Gasteiger partial charge in [-0.15, -0.1) is 13.2 Å². The highest BCUT2D eigenvalue weighted by Gasteiger charge is 1.95. The minimum atomic E-state index is 0.836. The summed E-state index contributed by atoms with van der Waals surface area (Å²) >= 11 is 0. The van der Waals surface area contributed by atoms with Gasteiger partial charge in [-0.3, -0.25) is 0 Å². The Morgan fingerprint density at radius 2 is 1.82 bits per heavy atom. The molecule has 0 amide bonds. The van der Waals surface area contributed by atoms with E-state index in [4.69, 9.17) is 0 Å². The number of hydrogen-bond donors (Lipinski definition) is 1. The minimum Gasteiger partial charge on any atom is -0.309 e. The summed E-state index contributed by atoms with van der Waals surface area (Å²) in [5.74, 6) is 0. The third-order valence-electron chi connectivity index (χ3n) is 2.76. The lowest BCUT2D eigenvalue weighted by molar-refractivity contribution is 0.824. The van der Waals surface area contributed by atoms with Crippen LogP contribution in [0.3, 0.4) is 0 Å². The lowest BCUT2D eigenvalue weighted by atomic mass is 10.1. The van der Waals surface area contributed by atoms with Crippen LogP contribution < -0.4 is 5.32 Å². The molecule has 0 radical (unpaired) electrons. The first-order chi connectivity index (χ1) is 10.8. The maximum Gasteiger partial charge on any atom is 0.0208 e. The van der Waals surface area contributed by atoms with Crippen LogP contribution in [0.5, 0.6) is 0 Å².